The molecule has 31 aromatic rings. The second kappa shape index (κ2) is 34.3. The van der Waals surface area contributed by atoms with E-state index < -0.39 is 0 Å². The normalized spacial score (nSPS) is 11.8. The second-order valence-corrected chi connectivity index (χ2v) is 38.1. The van der Waals surface area contributed by atoms with E-state index in [0.717, 1.165) is 132 Å². The minimum absolute atomic E-state index is 0.865. The van der Waals surface area contributed by atoms with Crippen molar-refractivity contribution in [3.8, 4) is 111 Å². The number of fused-ring (bicyclic) bond motifs is 22. The van der Waals surface area contributed by atoms with Crippen molar-refractivity contribution < 1.29 is 17.7 Å². The third kappa shape index (κ3) is 13.3. The molecule has 26 aromatic carbocycles. The van der Waals surface area contributed by atoms with Gasteiger partial charge in [0.2, 0.25) is 0 Å². The lowest BCUT2D eigenvalue weighted by molar-refractivity contribution is 0.668. The Kier molecular flexibility index (Phi) is 19.6. The fourth-order valence-electron chi connectivity index (χ4n) is 24.1. The van der Waals surface area contributed by atoms with Crippen LogP contribution < -0.4 is 0 Å². The van der Waals surface area contributed by atoms with Crippen LogP contribution >= 0.6 is 0 Å². The molecule has 0 saturated carbocycles. The average molecular weight is 1860 g/mol. The highest BCUT2D eigenvalue weighted by atomic mass is 16.3. The Labute approximate surface area is 839 Å². The van der Waals surface area contributed by atoms with Crippen LogP contribution in [0.4, 0.5) is 0 Å². The zero-order valence-corrected chi connectivity index (χ0v) is 79.2. The van der Waals surface area contributed by atoms with Crippen molar-refractivity contribution in [1.29, 1.82) is 0 Å². The Morgan fingerprint density at radius 1 is 0.123 bits per heavy atom. The molecule has 5 aromatic heterocycles. The van der Waals surface area contributed by atoms with E-state index in [1.165, 1.54) is 174 Å². The summed E-state index contributed by atoms with van der Waals surface area (Å²) >= 11 is 0. The molecule has 0 saturated heterocycles. The van der Waals surface area contributed by atoms with E-state index in [2.05, 4.69) is 478 Å². The van der Waals surface area contributed by atoms with Gasteiger partial charge >= 0.3 is 0 Å². The van der Waals surface area contributed by atoms with Gasteiger partial charge in [-0.15, -0.1) is 0 Å². The van der Waals surface area contributed by atoms with Crippen LogP contribution in [0.5, 0.6) is 0 Å². The van der Waals surface area contributed by atoms with Gasteiger partial charge in [0.15, 0.2) is 0 Å². The van der Waals surface area contributed by atoms with Crippen LogP contribution in [0.25, 0.3) is 307 Å². The second-order valence-electron chi connectivity index (χ2n) is 38.1. The predicted octanol–water partition coefficient (Wildman–Crippen LogP) is 40.3. The Bertz CT molecular complexity index is 10600. The van der Waals surface area contributed by atoms with Gasteiger partial charge in [0, 0.05) is 66.0 Å². The fourth-order valence-corrected chi connectivity index (χ4v) is 24.1. The molecule has 0 radical (unpaired) electrons. The third-order valence-electron chi connectivity index (χ3n) is 30.3. The highest BCUT2D eigenvalue weighted by Gasteiger charge is 2.30. The highest BCUT2D eigenvalue weighted by Crippen LogP contribution is 2.56. The largest absolute Gasteiger partial charge is 0.456 e. The molecule has 5 nitrogen and oxygen atoms in total. The summed E-state index contributed by atoms with van der Waals surface area (Å²) in [5.74, 6) is 0. The lowest BCUT2D eigenvalue weighted by atomic mass is 9.83. The number of hydrogen-bond acceptors (Lipinski definition) is 5. The molecule has 0 N–H and O–H groups in total. The van der Waals surface area contributed by atoms with Gasteiger partial charge in [-0.1, -0.05) is 449 Å². The SMILES string of the molecule is c1ccc(-c2ccc(-c3c4ccccc4c(-c4cccc5ccccc45)c4ccccc34)c3c2oc2ccccc23)nc1.c1ccc(-c2ccc(-c3ccc(-c4c5ccccc5c(-c5cccc6ccccc56)c5ccccc45)c4c3oc3ccccc34)c3ccccc23)cc1.c1ccc2c(-c3c4ccccc4c(-c4ccc(-c5cccc6oc7ccccc7c56)c5oc6ccccc6c45)c4ccccc34)cccc2c1. The van der Waals surface area contributed by atoms with Gasteiger partial charge in [-0.2, -0.15) is 0 Å². The molecular formula is C141H85NO4. The van der Waals surface area contributed by atoms with Crippen LogP contribution in [0.15, 0.2) is 533 Å². The van der Waals surface area contributed by atoms with Crippen molar-refractivity contribution in [3.05, 3.63) is 516 Å². The zero-order chi connectivity index (χ0) is 96.0. The molecule has 0 aliphatic carbocycles. The molecular weight excluding hydrogens is 1770 g/mol. The molecule has 0 aliphatic rings. The van der Waals surface area contributed by atoms with Crippen molar-refractivity contribution in [1.82, 2.24) is 4.98 Å². The number of nitrogens with zero attached hydrogens (tertiary/aromatic N) is 1. The number of benzene rings is 26. The molecule has 146 heavy (non-hydrogen) atoms. The van der Waals surface area contributed by atoms with Gasteiger partial charge in [-0.25, -0.2) is 0 Å². The minimum Gasteiger partial charge on any atom is -0.456 e. The molecule has 31 rings (SSSR count). The van der Waals surface area contributed by atoms with Crippen molar-refractivity contribution >= 4 is 195 Å². The van der Waals surface area contributed by atoms with E-state index in [1.807, 2.05) is 42.6 Å². The topological polar surface area (TPSA) is 65.5 Å². The van der Waals surface area contributed by atoms with Gasteiger partial charge in [0.1, 0.15) is 44.7 Å². The van der Waals surface area contributed by atoms with Crippen LogP contribution in [-0.4, -0.2) is 4.98 Å². The summed E-state index contributed by atoms with van der Waals surface area (Å²) in [4.78, 5) is 4.68. The summed E-state index contributed by atoms with van der Waals surface area (Å²) < 4.78 is 26.7. The number of furan rings is 4. The zero-order valence-electron chi connectivity index (χ0n) is 79.2. The number of aromatic nitrogens is 1. The van der Waals surface area contributed by atoms with E-state index in [0.29, 0.717) is 0 Å². The molecule has 0 fully saturated rings. The lowest BCUT2D eigenvalue weighted by Crippen LogP contribution is -1.93. The first-order chi connectivity index (χ1) is 72.5. The van der Waals surface area contributed by atoms with Crippen molar-refractivity contribution in [2.75, 3.05) is 0 Å². The quantitative estimate of drug-likeness (QED) is 0.128. The summed E-state index contributed by atoms with van der Waals surface area (Å²) in [5, 5.41) is 33.6. The molecule has 0 amide bonds. The molecule has 0 unspecified atom stereocenters. The smallest absolute Gasteiger partial charge is 0.145 e. The van der Waals surface area contributed by atoms with E-state index in [-0.39, 0.29) is 0 Å². The highest BCUT2D eigenvalue weighted by molar-refractivity contribution is 6.33. The molecule has 678 valence electrons. The summed E-state index contributed by atoms with van der Waals surface area (Å²) in [5.41, 5.74) is 30.5. The van der Waals surface area contributed by atoms with Crippen LogP contribution in [-0.2, 0) is 0 Å². The van der Waals surface area contributed by atoms with E-state index >= 15 is 0 Å². The summed E-state index contributed by atoms with van der Waals surface area (Å²) in [6.45, 7) is 0. The molecule has 0 spiro atoms. The summed E-state index contributed by atoms with van der Waals surface area (Å²) in [7, 11) is 0. The number of hydrogen-bond donors (Lipinski definition) is 0. The number of rotatable bonds is 10. The van der Waals surface area contributed by atoms with Crippen LogP contribution in [0.1, 0.15) is 0 Å². The molecule has 0 bridgehead atoms. The third-order valence-corrected chi connectivity index (χ3v) is 30.3. The maximum Gasteiger partial charge on any atom is 0.145 e. The van der Waals surface area contributed by atoms with E-state index in [9.17, 15) is 0 Å². The van der Waals surface area contributed by atoms with Crippen molar-refractivity contribution in [2.24, 2.45) is 0 Å². The molecule has 0 aliphatic heterocycles. The fraction of sp³-hybridized carbons (Fsp3) is 0. The summed E-state index contributed by atoms with van der Waals surface area (Å²) in [6.07, 6.45) is 1.84. The summed E-state index contributed by atoms with van der Waals surface area (Å²) in [6, 6.07) is 183. The standard InChI is InChI=1S/C52H32O.C48H28O2.C41H25NO/c1-2-15-33(16-3-1)36-29-30-39(38-21-7-6-20-37(36)38)45-31-32-47(51-46-26-12-13-28-48(46)53-52(45)51)50-43-24-10-8-22-41(43)49(42-23-9-11-25-44(42)50)40-27-14-18-34-17-4-5-19-35(34)40;1-2-15-30-29(13-1)14-11-22-31(30)44-32-16-3-5-18-34(32)45(35-19-6-4-17-33(35)44)40-28-27-37(48-47(40)39-21-8-10-25-42(39)50-48)36-23-12-26-43-46(36)38-20-7-9-24-41(38)49-43;1-2-14-27-26(12-1)13-11-20-28(27)38-29-15-3-5-17-31(29)39(32-18-6-4-16-30(32)38)35-24-23-33(36-21-9-10-25-42-36)41-40(35)34-19-7-8-22-37(34)43-41/h1-32H;1-28H;1-25H. The Morgan fingerprint density at radius 2 is 0.363 bits per heavy atom. The molecule has 0 atom stereocenters. The maximum atomic E-state index is 6.93. The van der Waals surface area contributed by atoms with Gasteiger partial charge in [0.25, 0.3) is 0 Å². The van der Waals surface area contributed by atoms with E-state index in [1.54, 1.807) is 0 Å². The first kappa shape index (κ1) is 83.6. The molecule has 5 heterocycles. The van der Waals surface area contributed by atoms with Crippen LogP contribution in [0.3, 0.4) is 0 Å². The minimum atomic E-state index is 0.865. The number of pyridine rings is 1. The monoisotopic (exact) mass is 1860 g/mol. The first-order valence-electron chi connectivity index (χ1n) is 50.0. The lowest BCUT2D eigenvalue weighted by Gasteiger charge is -2.20. The van der Waals surface area contributed by atoms with Gasteiger partial charge in [-0.05, 0) is 257 Å². The van der Waals surface area contributed by atoms with Gasteiger partial charge in [-0.3, -0.25) is 4.98 Å². The maximum absolute atomic E-state index is 6.93. The van der Waals surface area contributed by atoms with E-state index in [4.69, 9.17) is 17.7 Å². The first-order valence-corrected chi connectivity index (χ1v) is 50.0. The Hall–Kier alpha value is -19.3. The Morgan fingerprint density at radius 3 is 0.733 bits per heavy atom. The van der Waals surface area contributed by atoms with Gasteiger partial charge in [0.05, 0.1) is 5.69 Å². The van der Waals surface area contributed by atoms with Crippen LogP contribution in [0.2, 0.25) is 0 Å². The van der Waals surface area contributed by atoms with Gasteiger partial charge < -0.3 is 17.7 Å². The van der Waals surface area contributed by atoms with Crippen molar-refractivity contribution in [2.45, 2.75) is 0 Å². The average Bonchev–Trinajstić information content (AvgIpc) is 1.57. The molecule has 5 heteroatoms. The van der Waals surface area contributed by atoms with Crippen LogP contribution in [0, 0.1) is 0 Å². The number of para-hydroxylation sites is 4. The predicted molar refractivity (Wildman–Crippen MR) is 616 cm³/mol. The van der Waals surface area contributed by atoms with Crippen molar-refractivity contribution in [3.63, 3.8) is 0 Å². The Balaban J connectivity index is 0.000000104.